The number of ether oxygens (including phenoxy) is 7. The third-order valence-corrected chi connectivity index (χ3v) is 12.2. The lowest BCUT2D eigenvalue weighted by Gasteiger charge is -2.45. The number of rotatable bonds is 26. The van der Waals surface area contributed by atoms with Crippen molar-refractivity contribution in [1.82, 2.24) is 0 Å². The highest BCUT2D eigenvalue weighted by atomic mass is 16.5. The Labute approximate surface area is 376 Å². The van der Waals surface area contributed by atoms with E-state index in [1.807, 2.05) is 86.6 Å². The highest BCUT2D eigenvalue weighted by molar-refractivity contribution is 5.39. The van der Waals surface area contributed by atoms with Gasteiger partial charge in [0, 0.05) is 24.0 Å². The van der Waals surface area contributed by atoms with E-state index in [1.54, 1.807) is 0 Å². The van der Waals surface area contributed by atoms with Crippen molar-refractivity contribution in [2.45, 2.75) is 90.3 Å². The molecule has 0 aliphatic carbocycles. The van der Waals surface area contributed by atoms with Crippen LogP contribution in [0.5, 0.6) is 34.5 Å². The predicted molar refractivity (Wildman–Crippen MR) is 254 cm³/mol. The topological polar surface area (TPSA) is 64.6 Å². The van der Waals surface area contributed by atoms with Crippen LogP contribution in [0.1, 0.15) is 76.6 Å². The minimum absolute atomic E-state index is 0.250. The zero-order valence-corrected chi connectivity index (χ0v) is 38.1. The van der Waals surface area contributed by atoms with Crippen molar-refractivity contribution in [2.75, 3.05) is 39.6 Å². The summed E-state index contributed by atoms with van der Waals surface area (Å²) < 4.78 is 43.7. The molecule has 4 atom stereocenters. The Hall–Kier alpha value is -5.60. The third kappa shape index (κ3) is 13.2. The van der Waals surface area contributed by atoms with Gasteiger partial charge in [0.05, 0.1) is 25.4 Å². The van der Waals surface area contributed by atoms with Crippen molar-refractivity contribution in [2.24, 2.45) is 0 Å². The second-order valence-electron chi connectivity index (χ2n) is 16.3. The molecule has 0 amide bonds. The molecule has 6 aromatic rings. The average Bonchev–Trinajstić information content (AvgIpc) is 3.32. The second kappa shape index (κ2) is 23.7. The van der Waals surface area contributed by atoms with Crippen LogP contribution in [0.15, 0.2) is 158 Å². The summed E-state index contributed by atoms with van der Waals surface area (Å²) in [5, 5.41) is 0. The van der Waals surface area contributed by atoms with Crippen molar-refractivity contribution < 1.29 is 33.2 Å². The van der Waals surface area contributed by atoms with Gasteiger partial charge in [-0.15, -0.1) is 0 Å². The molecule has 63 heavy (non-hydrogen) atoms. The SMILES string of the molecule is CCOCCOc1ccc(C(C)(CC)C(Cc2cccc(Oc3ccccc3)c2)OC(Cc2cccc(Oc3ccccc3)c2)C(C)(CC)c2ccc(OCCOCC)cc2)cc1. The molecule has 0 aliphatic rings. The quantitative estimate of drug-likeness (QED) is 0.0504. The van der Waals surface area contributed by atoms with Gasteiger partial charge in [-0.1, -0.05) is 113 Å². The van der Waals surface area contributed by atoms with Gasteiger partial charge < -0.3 is 33.2 Å². The monoisotopic (exact) mass is 850 g/mol. The van der Waals surface area contributed by atoms with Gasteiger partial charge in [-0.2, -0.15) is 0 Å². The zero-order chi connectivity index (χ0) is 44.3. The fraction of sp³-hybridized carbons (Fsp3) is 0.357. The largest absolute Gasteiger partial charge is 0.491 e. The van der Waals surface area contributed by atoms with E-state index in [1.165, 1.54) is 11.1 Å². The molecule has 0 heterocycles. The Balaban J connectivity index is 1.40. The summed E-state index contributed by atoms with van der Waals surface area (Å²) >= 11 is 0. The van der Waals surface area contributed by atoms with Crippen molar-refractivity contribution in [3.05, 3.63) is 180 Å². The van der Waals surface area contributed by atoms with Crippen molar-refractivity contribution in [3.63, 3.8) is 0 Å². The van der Waals surface area contributed by atoms with E-state index >= 15 is 0 Å². The predicted octanol–water partition coefficient (Wildman–Crippen LogP) is 13.4. The molecule has 0 aliphatic heterocycles. The molecule has 6 aromatic carbocycles. The van der Waals surface area contributed by atoms with E-state index in [2.05, 4.69) is 113 Å². The fourth-order valence-electron chi connectivity index (χ4n) is 8.02. The van der Waals surface area contributed by atoms with Gasteiger partial charge in [-0.25, -0.2) is 0 Å². The Morgan fingerprint density at radius 3 is 1.14 bits per heavy atom. The molecule has 7 nitrogen and oxygen atoms in total. The van der Waals surface area contributed by atoms with Crippen LogP contribution in [0, 0.1) is 0 Å². The van der Waals surface area contributed by atoms with Crippen LogP contribution in [0.4, 0.5) is 0 Å². The maximum Gasteiger partial charge on any atom is 0.127 e. The van der Waals surface area contributed by atoms with Crippen LogP contribution >= 0.6 is 0 Å². The van der Waals surface area contributed by atoms with Gasteiger partial charge in [0.25, 0.3) is 0 Å². The van der Waals surface area contributed by atoms with Crippen LogP contribution in [0.3, 0.4) is 0 Å². The summed E-state index contributed by atoms with van der Waals surface area (Å²) in [5.74, 6) is 4.81. The highest BCUT2D eigenvalue weighted by Crippen LogP contribution is 2.42. The van der Waals surface area contributed by atoms with Crippen LogP contribution in [-0.4, -0.2) is 51.8 Å². The van der Waals surface area contributed by atoms with E-state index in [-0.39, 0.29) is 12.2 Å². The average molecular weight is 851 g/mol. The number of para-hydroxylation sites is 2. The molecule has 332 valence electrons. The first-order valence-corrected chi connectivity index (χ1v) is 22.7. The van der Waals surface area contributed by atoms with E-state index in [9.17, 15) is 0 Å². The van der Waals surface area contributed by atoms with Crippen LogP contribution < -0.4 is 18.9 Å². The van der Waals surface area contributed by atoms with E-state index in [0.29, 0.717) is 52.5 Å². The molecule has 4 unspecified atom stereocenters. The molecule has 0 saturated carbocycles. The summed E-state index contributed by atoms with van der Waals surface area (Å²) in [6.07, 6.45) is 2.49. The third-order valence-electron chi connectivity index (χ3n) is 12.2. The molecular formula is C56H66O7. The highest BCUT2D eigenvalue weighted by Gasteiger charge is 2.42. The normalized spacial score (nSPS) is 14.2. The molecule has 0 aromatic heterocycles. The van der Waals surface area contributed by atoms with E-state index in [0.717, 1.165) is 58.5 Å². The van der Waals surface area contributed by atoms with Gasteiger partial charge in [0.1, 0.15) is 47.7 Å². The minimum Gasteiger partial charge on any atom is -0.491 e. The molecule has 0 saturated heterocycles. The molecule has 7 heteroatoms. The van der Waals surface area contributed by atoms with Crippen LogP contribution in [0.25, 0.3) is 0 Å². The van der Waals surface area contributed by atoms with E-state index < -0.39 is 10.8 Å². The molecule has 0 N–H and O–H groups in total. The molecule has 0 fully saturated rings. The molecule has 0 radical (unpaired) electrons. The standard InChI is InChI=1S/C56H66O7/c1-7-55(5,45-27-31-47(32-28-45)59-37-35-57-9-3)53(41-43-19-17-25-51(39-43)61-49-21-13-11-14-22-49)63-54(42-44-20-18-26-52(40-44)62-50-23-15-12-16-24-50)56(6,8-2)46-29-33-48(34-30-46)60-38-36-58-10-4/h11-34,39-40,53-54H,7-10,35-38,41-42H2,1-6H3. The first kappa shape index (κ1) is 46.9. The zero-order valence-electron chi connectivity index (χ0n) is 38.1. The molecule has 6 rings (SSSR count). The number of benzene rings is 6. The van der Waals surface area contributed by atoms with Crippen molar-refractivity contribution in [1.29, 1.82) is 0 Å². The Bertz CT molecular complexity index is 2050. The summed E-state index contributed by atoms with van der Waals surface area (Å²) in [6.45, 7) is 16.6. The fourth-order valence-corrected chi connectivity index (χ4v) is 8.02. The van der Waals surface area contributed by atoms with Gasteiger partial charge in [0.15, 0.2) is 0 Å². The summed E-state index contributed by atoms with van der Waals surface area (Å²) in [4.78, 5) is 0. The van der Waals surface area contributed by atoms with Crippen molar-refractivity contribution in [3.8, 4) is 34.5 Å². The number of hydrogen-bond donors (Lipinski definition) is 0. The molecule has 0 bridgehead atoms. The minimum atomic E-state index is -0.399. The van der Waals surface area contributed by atoms with Gasteiger partial charge in [-0.05, 0) is 135 Å². The summed E-state index contributed by atoms with van der Waals surface area (Å²) in [7, 11) is 0. The van der Waals surface area contributed by atoms with E-state index in [4.69, 9.17) is 33.2 Å². The Morgan fingerprint density at radius 2 is 0.778 bits per heavy atom. The van der Waals surface area contributed by atoms with Gasteiger partial charge in [0.2, 0.25) is 0 Å². The first-order valence-electron chi connectivity index (χ1n) is 22.7. The van der Waals surface area contributed by atoms with Crippen molar-refractivity contribution >= 4 is 0 Å². The van der Waals surface area contributed by atoms with Gasteiger partial charge in [-0.3, -0.25) is 0 Å². The second-order valence-corrected chi connectivity index (χ2v) is 16.3. The Morgan fingerprint density at radius 1 is 0.397 bits per heavy atom. The lowest BCUT2D eigenvalue weighted by molar-refractivity contribution is -0.0840. The molecule has 0 spiro atoms. The lowest BCUT2D eigenvalue weighted by Crippen LogP contribution is -2.48. The summed E-state index contributed by atoms with van der Waals surface area (Å²) in [6, 6.07) is 53.8. The smallest absolute Gasteiger partial charge is 0.127 e. The summed E-state index contributed by atoms with van der Waals surface area (Å²) in [5.41, 5.74) is 3.84. The lowest BCUT2D eigenvalue weighted by atomic mass is 9.71. The Kier molecular flexibility index (Phi) is 17.7. The number of hydrogen-bond acceptors (Lipinski definition) is 7. The molecular weight excluding hydrogens is 785 g/mol. The van der Waals surface area contributed by atoms with Gasteiger partial charge >= 0.3 is 0 Å². The maximum atomic E-state index is 7.86. The van der Waals surface area contributed by atoms with Crippen LogP contribution in [-0.2, 0) is 37.9 Å². The van der Waals surface area contributed by atoms with Crippen LogP contribution in [0.2, 0.25) is 0 Å². The first-order chi connectivity index (χ1) is 30.8. The maximum absolute atomic E-state index is 7.86.